The first-order valence-corrected chi connectivity index (χ1v) is 10.9. The lowest BCUT2D eigenvalue weighted by atomic mass is 9.99. The minimum Gasteiger partial charge on any atom is -0.497 e. The molecule has 8 heteroatoms. The number of nitriles is 1. The van der Waals surface area contributed by atoms with Crippen LogP contribution >= 0.6 is 11.6 Å². The number of hydrogen-bond acceptors (Lipinski definition) is 7. The third kappa shape index (κ3) is 4.41. The fourth-order valence-electron chi connectivity index (χ4n) is 3.79. The van der Waals surface area contributed by atoms with E-state index in [1.54, 1.807) is 33.5 Å². The lowest BCUT2D eigenvalue weighted by molar-refractivity contribution is 0.391. The Morgan fingerprint density at radius 2 is 1.71 bits per heavy atom. The number of anilines is 1. The Kier molecular flexibility index (Phi) is 6.71. The Morgan fingerprint density at radius 3 is 2.41 bits per heavy atom. The fraction of sp³-hybridized carbons (Fsp3) is 0.192. The molecule has 0 fully saturated rings. The van der Waals surface area contributed by atoms with E-state index in [9.17, 15) is 5.26 Å². The maximum absolute atomic E-state index is 9.27. The van der Waals surface area contributed by atoms with Gasteiger partial charge in [-0.3, -0.25) is 0 Å². The summed E-state index contributed by atoms with van der Waals surface area (Å²) in [5, 5.41) is 23.6. The van der Waals surface area contributed by atoms with Gasteiger partial charge in [-0.25, -0.2) is 0 Å². The molecule has 0 spiro atoms. The summed E-state index contributed by atoms with van der Waals surface area (Å²) in [6, 6.07) is 17.2. The van der Waals surface area contributed by atoms with Crippen LogP contribution in [0.15, 0.2) is 48.5 Å². The van der Waals surface area contributed by atoms with Crippen molar-refractivity contribution in [2.24, 2.45) is 0 Å². The Balaban J connectivity index is 1.71. The van der Waals surface area contributed by atoms with Crippen LogP contribution in [0.5, 0.6) is 17.2 Å². The summed E-state index contributed by atoms with van der Waals surface area (Å²) in [5.74, 6) is 2.69. The molecule has 4 rings (SSSR count). The van der Waals surface area contributed by atoms with E-state index in [0.717, 1.165) is 44.7 Å². The van der Waals surface area contributed by atoms with E-state index in [-0.39, 0.29) is 0 Å². The number of halogens is 1. The second kappa shape index (κ2) is 9.86. The van der Waals surface area contributed by atoms with Gasteiger partial charge in [-0.05, 0) is 42.8 Å². The number of hydrogen-bond donors (Lipinski definition) is 1. The van der Waals surface area contributed by atoms with Crippen LogP contribution in [0.25, 0.3) is 21.9 Å². The van der Waals surface area contributed by atoms with Gasteiger partial charge in [0.15, 0.2) is 5.82 Å². The lowest BCUT2D eigenvalue weighted by Gasteiger charge is -2.14. The Morgan fingerprint density at radius 1 is 0.912 bits per heavy atom. The number of ether oxygens (including phenoxy) is 3. The molecule has 34 heavy (non-hydrogen) atoms. The van der Waals surface area contributed by atoms with Gasteiger partial charge in [-0.15, -0.1) is 5.10 Å². The van der Waals surface area contributed by atoms with Crippen LogP contribution < -0.4 is 19.5 Å². The predicted octanol–water partition coefficient (Wildman–Crippen LogP) is 5.77. The second-order valence-electron chi connectivity index (χ2n) is 7.57. The highest BCUT2D eigenvalue weighted by molar-refractivity contribution is 6.32. The molecule has 0 unspecified atom stereocenters. The molecule has 0 radical (unpaired) electrons. The number of nitrogens with one attached hydrogen (secondary N) is 1. The van der Waals surface area contributed by atoms with Crippen molar-refractivity contribution in [1.82, 2.24) is 10.2 Å². The molecule has 0 atom stereocenters. The van der Waals surface area contributed by atoms with Gasteiger partial charge in [0.05, 0.1) is 37.6 Å². The molecular formula is C26H23ClN4O3. The summed E-state index contributed by atoms with van der Waals surface area (Å²) in [5.41, 5.74) is 3.82. The number of rotatable bonds is 7. The summed E-state index contributed by atoms with van der Waals surface area (Å²) < 4.78 is 16.3. The molecule has 1 N–H and O–H groups in total. The first-order valence-electron chi connectivity index (χ1n) is 10.5. The standard InChI is InChI=1S/C26H23ClN4O3/c1-15-21-9-16(22-12-23(27)18(13-28)10-25(22)34-4)6-8-20(21)26(31-30-15)29-14-17-5-7-19(32-2)11-24(17)33-3/h5-12H,14H2,1-4H3,(H,29,31). The molecule has 3 aromatic carbocycles. The largest absolute Gasteiger partial charge is 0.497 e. The number of aryl methyl sites for hydroxylation is 1. The van der Waals surface area contributed by atoms with Gasteiger partial charge in [0.2, 0.25) is 0 Å². The number of aromatic nitrogens is 2. The molecule has 0 aliphatic heterocycles. The third-order valence-corrected chi connectivity index (χ3v) is 5.94. The maximum Gasteiger partial charge on any atom is 0.156 e. The quantitative estimate of drug-likeness (QED) is 0.363. The molecule has 1 aromatic heterocycles. The summed E-state index contributed by atoms with van der Waals surface area (Å²) in [4.78, 5) is 0. The van der Waals surface area contributed by atoms with Crippen LogP contribution in [0.2, 0.25) is 5.02 Å². The number of nitrogens with zero attached hydrogens (tertiary/aromatic N) is 3. The van der Waals surface area contributed by atoms with E-state index in [0.29, 0.717) is 28.7 Å². The number of benzene rings is 3. The SMILES string of the molecule is COc1ccc(CNc2nnc(C)c3cc(-c4cc(Cl)c(C#N)cc4OC)ccc23)c(OC)c1. The minimum absolute atomic E-state index is 0.366. The summed E-state index contributed by atoms with van der Waals surface area (Å²) in [6.07, 6.45) is 0. The molecule has 1 heterocycles. The van der Waals surface area contributed by atoms with Crippen molar-refractivity contribution in [2.75, 3.05) is 26.6 Å². The number of methoxy groups -OCH3 is 3. The lowest BCUT2D eigenvalue weighted by Crippen LogP contribution is -2.06. The van der Waals surface area contributed by atoms with Crippen molar-refractivity contribution in [2.45, 2.75) is 13.5 Å². The zero-order valence-corrected chi connectivity index (χ0v) is 20.0. The van der Waals surface area contributed by atoms with Crippen molar-refractivity contribution >= 4 is 28.2 Å². The summed E-state index contributed by atoms with van der Waals surface area (Å²) in [6.45, 7) is 2.42. The van der Waals surface area contributed by atoms with Crippen molar-refractivity contribution < 1.29 is 14.2 Å². The summed E-state index contributed by atoms with van der Waals surface area (Å²) >= 11 is 6.30. The van der Waals surface area contributed by atoms with Gasteiger partial charge in [0.1, 0.15) is 23.3 Å². The topological polar surface area (TPSA) is 89.3 Å². The highest BCUT2D eigenvalue weighted by Gasteiger charge is 2.14. The van der Waals surface area contributed by atoms with Crippen molar-refractivity contribution in [3.05, 3.63) is 70.4 Å². The van der Waals surface area contributed by atoms with Gasteiger partial charge in [-0.2, -0.15) is 10.4 Å². The van der Waals surface area contributed by atoms with E-state index >= 15 is 0 Å². The van der Waals surface area contributed by atoms with E-state index in [1.807, 2.05) is 43.3 Å². The van der Waals surface area contributed by atoms with Gasteiger partial charge >= 0.3 is 0 Å². The smallest absolute Gasteiger partial charge is 0.156 e. The van der Waals surface area contributed by atoms with Crippen molar-refractivity contribution in [1.29, 1.82) is 5.26 Å². The molecule has 0 amide bonds. The molecule has 172 valence electrons. The minimum atomic E-state index is 0.366. The van der Waals surface area contributed by atoms with Crippen LogP contribution in [0, 0.1) is 18.3 Å². The van der Waals surface area contributed by atoms with Crippen LogP contribution in [-0.2, 0) is 6.54 Å². The molecule has 0 aliphatic carbocycles. The van der Waals surface area contributed by atoms with E-state index in [2.05, 4.69) is 21.6 Å². The Hall–Kier alpha value is -4.02. The van der Waals surface area contributed by atoms with E-state index in [1.165, 1.54) is 0 Å². The van der Waals surface area contributed by atoms with Crippen molar-refractivity contribution in [3.8, 4) is 34.4 Å². The van der Waals surface area contributed by atoms with Gasteiger partial charge in [0.25, 0.3) is 0 Å². The Bertz CT molecular complexity index is 1420. The normalized spacial score (nSPS) is 10.6. The van der Waals surface area contributed by atoms with Crippen LogP contribution in [0.3, 0.4) is 0 Å². The average Bonchev–Trinajstić information content (AvgIpc) is 2.88. The molecule has 0 saturated heterocycles. The molecule has 0 saturated carbocycles. The molecule has 7 nitrogen and oxygen atoms in total. The highest BCUT2D eigenvalue weighted by Crippen LogP contribution is 2.37. The third-order valence-electron chi connectivity index (χ3n) is 5.63. The zero-order valence-electron chi connectivity index (χ0n) is 19.3. The molecular weight excluding hydrogens is 452 g/mol. The van der Waals surface area contributed by atoms with Gasteiger partial charge < -0.3 is 19.5 Å². The Labute approximate surface area is 202 Å². The molecule has 0 aliphatic rings. The van der Waals surface area contributed by atoms with E-state index < -0.39 is 0 Å². The average molecular weight is 475 g/mol. The first-order chi connectivity index (χ1) is 16.5. The molecule has 4 aromatic rings. The molecule has 0 bridgehead atoms. The number of fused-ring (bicyclic) bond motifs is 1. The predicted molar refractivity (Wildman–Crippen MR) is 133 cm³/mol. The van der Waals surface area contributed by atoms with Crippen molar-refractivity contribution in [3.63, 3.8) is 0 Å². The van der Waals surface area contributed by atoms with Crippen LogP contribution in [0.1, 0.15) is 16.8 Å². The zero-order chi connectivity index (χ0) is 24.2. The maximum atomic E-state index is 9.27. The highest BCUT2D eigenvalue weighted by atomic mass is 35.5. The second-order valence-corrected chi connectivity index (χ2v) is 7.98. The van der Waals surface area contributed by atoms with Crippen LogP contribution in [-0.4, -0.2) is 31.5 Å². The first kappa shape index (κ1) is 23.1. The monoisotopic (exact) mass is 474 g/mol. The van der Waals surface area contributed by atoms with Crippen LogP contribution in [0.4, 0.5) is 5.82 Å². The van der Waals surface area contributed by atoms with Gasteiger partial charge in [0, 0.05) is 40.6 Å². The van der Waals surface area contributed by atoms with E-state index in [4.69, 9.17) is 25.8 Å². The van der Waals surface area contributed by atoms with Gasteiger partial charge in [-0.1, -0.05) is 17.7 Å². The fourth-order valence-corrected chi connectivity index (χ4v) is 4.00. The summed E-state index contributed by atoms with van der Waals surface area (Å²) in [7, 11) is 4.82.